The summed E-state index contributed by atoms with van der Waals surface area (Å²) >= 11 is 0. The van der Waals surface area contributed by atoms with Crippen LogP contribution in [0.2, 0.25) is 0 Å². The summed E-state index contributed by atoms with van der Waals surface area (Å²) in [6.45, 7) is 1.67. The molecule has 110 valence electrons. The number of piperazine rings is 1. The topological polar surface area (TPSA) is 83.8 Å². The third kappa shape index (κ3) is 2.79. The molecule has 1 aliphatic rings. The fraction of sp³-hybridized carbons (Fsp3) is 0.455. The quantitative estimate of drug-likeness (QED) is 0.605. The molecule has 0 aliphatic carbocycles. The van der Waals surface area contributed by atoms with Gasteiger partial charge in [0.25, 0.3) is 5.69 Å². The summed E-state index contributed by atoms with van der Waals surface area (Å²) in [7, 11) is -2.08. The van der Waals surface area contributed by atoms with Crippen LogP contribution in [0.1, 0.15) is 0 Å². The molecular formula is C11H14FN3O4S. The SMILES string of the molecule is CN1CCN(S(=O)(=O)c2ccc([N+](=O)[O-])cc2F)CC1. The summed E-state index contributed by atoms with van der Waals surface area (Å²) in [5.41, 5.74) is -0.472. The highest BCUT2D eigenvalue weighted by molar-refractivity contribution is 7.89. The lowest BCUT2D eigenvalue weighted by atomic mass is 10.3. The van der Waals surface area contributed by atoms with Gasteiger partial charge in [0.1, 0.15) is 10.7 Å². The van der Waals surface area contributed by atoms with Crippen molar-refractivity contribution in [3.63, 3.8) is 0 Å². The maximum atomic E-state index is 13.8. The predicted molar refractivity (Wildman–Crippen MR) is 69.3 cm³/mol. The fourth-order valence-electron chi connectivity index (χ4n) is 1.98. The van der Waals surface area contributed by atoms with E-state index in [1.54, 1.807) is 0 Å². The molecule has 2 rings (SSSR count). The van der Waals surface area contributed by atoms with Gasteiger partial charge in [-0.1, -0.05) is 0 Å². The molecule has 20 heavy (non-hydrogen) atoms. The maximum absolute atomic E-state index is 13.8. The molecule has 9 heteroatoms. The standard InChI is InChI=1S/C11H14FN3O4S/c1-13-4-6-14(7-5-13)20(18,19)11-3-2-9(15(16)17)8-10(11)12/h2-3,8H,4-7H2,1H3. The number of non-ortho nitro benzene ring substituents is 1. The lowest BCUT2D eigenvalue weighted by Gasteiger charge is -2.31. The van der Waals surface area contributed by atoms with E-state index in [-0.39, 0.29) is 13.1 Å². The van der Waals surface area contributed by atoms with Crippen LogP contribution in [0.4, 0.5) is 10.1 Å². The first-order valence-corrected chi connectivity index (χ1v) is 7.39. The Morgan fingerprint density at radius 3 is 2.35 bits per heavy atom. The lowest BCUT2D eigenvalue weighted by molar-refractivity contribution is -0.385. The molecule has 0 amide bonds. The van der Waals surface area contributed by atoms with Crippen molar-refractivity contribution in [2.75, 3.05) is 33.2 Å². The largest absolute Gasteiger partial charge is 0.304 e. The van der Waals surface area contributed by atoms with Crippen molar-refractivity contribution >= 4 is 15.7 Å². The third-order valence-electron chi connectivity index (χ3n) is 3.21. The molecule has 1 heterocycles. The van der Waals surface area contributed by atoms with E-state index < -0.39 is 31.3 Å². The Balaban J connectivity index is 2.32. The van der Waals surface area contributed by atoms with Crippen molar-refractivity contribution < 1.29 is 17.7 Å². The molecule has 7 nitrogen and oxygen atoms in total. The van der Waals surface area contributed by atoms with Crippen LogP contribution < -0.4 is 0 Å². The Bertz CT molecular complexity index is 627. The highest BCUT2D eigenvalue weighted by atomic mass is 32.2. The van der Waals surface area contributed by atoms with Gasteiger partial charge in [0, 0.05) is 32.2 Å². The van der Waals surface area contributed by atoms with Crippen molar-refractivity contribution in [3.05, 3.63) is 34.1 Å². The fourth-order valence-corrected chi connectivity index (χ4v) is 3.45. The van der Waals surface area contributed by atoms with Crippen LogP contribution in [-0.4, -0.2) is 55.8 Å². The molecule has 0 atom stereocenters. The van der Waals surface area contributed by atoms with Crippen LogP contribution in [0, 0.1) is 15.9 Å². The predicted octanol–water partition coefficient (Wildman–Crippen LogP) is 0.670. The number of likely N-dealkylation sites (N-methyl/N-ethyl adjacent to an activating group) is 1. The number of rotatable bonds is 3. The number of nitro benzene ring substituents is 1. The van der Waals surface area contributed by atoms with E-state index in [0.717, 1.165) is 12.1 Å². The molecule has 0 spiro atoms. The molecule has 0 bridgehead atoms. The number of hydrogen-bond acceptors (Lipinski definition) is 5. The van der Waals surface area contributed by atoms with Gasteiger partial charge in [-0.3, -0.25) is 10.1 Å². The van der Waals surface area contributed by atoms with Gasteiger partial charge in [0.05, 0.1) is 11.0 Å². The van der Waals surface area contributed by atoms with Gasteiger partial charge < -0.3 is 4.90 Å². The summed E-state index contributed by atoms with van der Waals surface area (Å²) in [4.78, 5) is 11.2. The molecule has 1 aromatic rings. The Morgan fingerprint density at radius 1 is 1.25 bits per heavy atom. The summed E-state index contributed by atoms with van der Waals surface area (Å²) in [6.07, 6.45) is 0. The van der Waals surface area contributed by atoms with Gasteiger partial charge in [-0.2, -0.15) is 4.31 Å². The van der Waals surface area contributed by atoms with Crippen molar-refractivity contribution in [2.24, 2.45) is 0 Å². The number of nitro groups is 1. The third-order valence-corrected chi connectivity index (χ3v) is 5.14. The summed E-state index contributed by atoms with van der Waals surface area (Å²) in [5.74, 6) is -1.10. The van der Waals surface area contributed by atoms with Crippen molar-refractivity contribution in [3.8, 4) is 0 Å². The number of halogens is 1. The highest BCUT2D eigenvalue weighted by Crippen LogP contribution is 2.24. The van der Waals surface area contributed by atoms with E-state index in [9.17, 15) is 22.9 Å². The molecule has 0 unspecified atom stereocenters. The second-order valence-electron chi connectivity index (χ2n) is 4.58. The second kappa shape index (κ2) is 5.43. The average molecular weight is 303 g/mol. The molecule has 0 radical (unpaired) electrons. The summed E-state index contributed by atoms with van der Waals surface area (Å²) in [5, 5.41) is 10.5. The van der Waals surface area contributed by atoms with Crippen LogP contribution >= 0.6 is 0 Å². The minimum Gasteiger partial charge on any atom is -0.304 e. The van der Waals surface area contributed by atoms with E-state index >= 15 is 0 Å². The van der Waals surface area contributed by atoms with E-state index in [0.29, 0.717) is 19.2 Å². The molecule has 1 saturated heterocycles. The minimum atomic E-state index is -3.95. The molecule has 0 N–H and O–H groups in total. The summed E-state index contributed by atoms with van der Waals surface area (Å²) < 4.78 is 39.6. The average Bonchev–Trinajstić information content (AvgIpc) is 2.38. The Hall–Kier alpha value is -1.58. The normalized spacial score (nSPS) is 18.1. The van der Waals surface area contributed by atoms with Crippen molar-refractivity contribution in [1.29, 1.82) is 0 Å². The summed E-state index contributed by atoms with van der Waals surface area (Å²) in [6, 6.07) is 2.57. The van der Waals surface area contributed by atoms with Crippen molar-refractivity contribution in [2.45, 2.75) is 4.90 Å². The van der Waals surface area contributed by atoms with Gasteiger partial charge in [0.2, 0.25) is 10.0 Å². The zero-order chi connectivity index (χ0) is 14.9. The maximum Gasteiger partial charge on any atom is 0.272 e. The Labute approximate surface area is 115 Å². The number of nitrogens with zero attached hydrogens (tertiary/aromatic N) is 3. The molecule has 1 aliphatic heterocycles. The van der Waals surface area contributed by atoms with E-state index in [2.05, 4.69) is 0 Å². The first kappa shape index (κ1) is 14.8. The smallest absolute Gasteiger partial charge is 0.272 e. The zero-order valence-corrected chi connectivity index (χ0v) is 11.6. The Morgan fingerprint density at radius 2 is 1.85 bits per heavy atom. The Kier molecular flexibility index (Phi) is 4.02. The number of sulfonamides is 1. The lowest BCUT2D eigenvalue weighted by Crippen LogP contribution is -2.47. The number of hydrogen-bond donors (Lipinski definition) is 0. The first-order valence-electron chi connectivity index (χ1n) is 5.95. The van der Waals surface area contributed by atoms with Crippen LogP contribution in [0.25, 0.3) is 0 Å². The van der Waals surface area contributed by atoms with Crippen LogP contribution in [-0.2, 0) is 10.0 Å². The first-order chi connectivity index (χ1) is 9.32. The molecule has 0 aromatic heterocycles. The van der Waals surface area contributed by atoms with Crippen molar-refractivity contribution in [1.82, 2.24) is 9.21 Å². The van der Waals surface area contributed by atoms with Gasteiger partial charge in [-0.25, -0.2) is 12.8 Å². The van der Waals surface area contributed by atoms with E-state index in [1.807, 2.05) is 11.9 Å². The van der Waals surface area contributed by atoms with Crippen LogP contribution in [0.15, 0.2) is 23.1 Å². The van der Waals surface area contributed by atoms with Gasteiger partial charge in [0.15, 0.2) is 0 Å². The van der Waals surface area contributed by atoms with Gasteiger partial charge in [-0.05, 0) is 13.1 Å². The second-order valence-corrected chi connectivity index (χ2v) is 6.49. The highest BCUT2D eigenvalue weighted by Gasteiger charge is 2.30. The molecule has 0 saturated carbocycles. The van der Waals surface area contributed by atoms with Gasteiger partial charge >= 0.3 is 0 Å². The molecule has 1 aromatic carbocycles. The molecule has 1 fully saturated rings. The van der Waals surface area contributed by atoms with Crippen LogP contribution in [0.5, 0.6) is 0 Å². The zero-order valence-electron chi connectivity index (χ0n) is 10.8. The number of benzene rings is 1. The van der Waals surface area contributed by atoms with E-state index in [4.69, 9.17) is 0 Å². The van der Waals surface area contributed by atoms with Gasteiger partial charge in [-0.15, -0.1) is 0 Å². The monoisotopic (exact) mass is 303 g/mol. The van der Waals surface area contributed by atoms with E-state index in [1.165, 1.54) is 4.31 Å². The van der Waals surface area contributed by atoms with Crippen LogP contribution in [0.3, 0.4) is 0 Å². The minimum absolute atomic E-state index is 0.273. The molecular weight excluding hydrogens is 289 g/mol.